The van der Waals surface area contributed by atoms with Crippen LogP contribution in [0.1, 0.15) is 34.1 Å². The molecule has 1 fully saturated rings. The van der Waals surface area contributed by atoms with Gasteiger partial charge in [0.05, 0.1) is 18.8 Å². The minimum Gasteiger partial charge on any atom is -0.383 e. The van der Waals surface area contributed by atoms with Crippen LogP contribution in [0.2, 0.25) is 0 Å². The van der Waals surface area contributed by atoms with E-state index in [1.807, 2.05) is 0 Å². The van der Waals surface area contributed by atoms with Crippen LogP contribution in [-0.4, -0.2) is 75.5 Å². The molecule has 3 unspecified atom stereocenters. The van der Waals surface area contributed by atoms with E-state index in [0.717, 1.165) is 45.1 Å². The highest BCUT2D eigenvalue weighted by Gasteiger charge is 2.21. The van der Waals surface area contributed by atoms with E-state index in [4.69, 9.17) is 9.47 Å². The summed E-state index contributed by atoms with van der Waals surface area (Å²) in [4.78, 5) is 7.11. The predicted octanol–water partition coefficient (Wildman–Crippen LogP) is 1.69. The van der Waals surface area contributed by atoms with Crippen molar-refractivity contribution in [2.75, 3.05) is 46.4 Å². The minimum atomic E-state index is 0. The van der Waals surface area contributed by atoms with Gasteiger partial charge in [-0.3, -0.25) is 9.89 Å². The molecule has 0 bridgehead atoms. The highest BCUT2D eigenvalue weighted by atomic mass is 127. The lowest BCUT2D eigenvalue weighted by Gasteiger charge is -2.35. The molecule has 7 heteroatoms. The standard InChI is InChI=1S/C16H34N4O2.HI/c1-6-17-16(19-13(2)12-21-5)18-8-7-9-20-10-14(3)22-15(4)11-20;/h13-15H,6-12H2,1-5H3,(H2,17,18,19);1H. The van der Waals surface area contributed by atoms with E-state index < -0.39 is 0 Å². The van der Waals surface area contributed by atoms with Crippen molar-refractivity contribution in [1.82, 2.24) is 15.5 Å². The highest BCUT2D eigenvalue weighted by Crippen LogP contribution is 2.10. The first-order valence-electron chi connectivity index (χ1n) is 8.46. The van der Waals surface area contributed by atoms with Gasteiger partial charge in [-0.05, 0) is 34.1 Å². The Balaban J connectivity index is 0.00000484. The largest absolute Gasteiger partial charge is 0.383 e. The second kappa shape index (κ2) is 13.2. The molecule has 0 aliphatic carbocycles. The van der Waals surface area contributed by atoms with Crippen molar-refractivity contribution in [1.29, 1.82) is 0 Å². The van der Waals surface area contributed by atoms with Crippen LogP contribution in [0.4, 0.5) is 0 Å². The number of nitrogens with one attached hydrogen (secondary N) is 2. The molecular weight excluding hydrogens is 407 g/mol. The molecule has 0 aromatic heterocycles. The Morgan fingerprint density at radius 1 is 1.35 bits per heavy atom. The van der Waals surface area contributed by atoms with Crippen LogP contribution in [0.3, 0.4) is 0 Å². The van der Waals surface area contributed by atoms with Gasteiger partial charge in [0.1, 0.15) is 0 Å². The lowest BCUT2D eigenvalue weighted by Crippen LogP contribution is -2.46. The van der Waals surface area contributed by atoms with Crippen molar-refractivity contribution in [3.63, 3.8) is 0 Å². The number of guanidine groups is 1. The number of halogens is 1. The molecule has 0 spiro atoms. The van der Waals surface area contributed by atoms with Gasteiger partial charge in [-0.1, -0.05) is 0 Å². The van der Waals surface area contributed by atoms with Gasteiger partial charge < -0.3 is 20.1 Å². The zero-order valence-corrected chi connectivity index (χ0v) is 17.6. The van der Waals surface area contributed by atoms with Crippen LogP contribution < -0.4 is 10.6 Å². The summed E-state index contributed by atoms with van der Waals surface area (Å²) < 4.78 is 10.9. The molecule has 2 N–H and O–H groups in total. The first-order chi connectivity index (χ1) is 10.5. The number of morpholine rings is 1. The number of aliphatic imine (C=N–C) groups is 1. The van der Waals surface area contributed by atoms with Crippen LogP contribution in [0.5, 0.6) is 0 Å². The van der Waals surface area contributed by atoms with E-state index in [0.29, 0.717) is 18.8 Å². The summed E-state index contributed by atoms with van der Waals surface area (Å²) in [7, 11) is 1.71. The summed E-state index contributed by atoms with van der Waals surface area (Å²) in [5, 5.41) is 6.63. The van der Waals surface area contributed by atoms with E-state index >= 15 is 0 Å². The fourth-order valence-corrected chi connectivity index (χ4v) is 2.80. The van der Waals surface area contributed by atoms with Crippen LogP contribution >= 0.6 is 24.0 Å². The van der Waals surface area contributed by atoms with E-state index in [1.165, 1.54) is 0 Å². The Bertz CT molecular complexity index is 321. The van der Waals surface area contributed by atoms with Crippen LogP contribution in [0, 0.1) is 0 Å². The summed E-state index contributed by atoms with van der Waals surface area (Å²) >= 11 is 0. The average Bonchev–Trinajstić information content (AvgIpc) is 2.43. The van der Waals surface area contributed by atoms with Gasteiger partial charge in [0.25, 0.3) is 0 Å². The SMILES string of the molecule is CCNC(=NCCCN1CC(C)OC(C)C1)NC(C)COC.I. The topological polar surface area (TPSA) is 58.1 Å². The predicted molar refractivity (Wildman–Crippen MR) is 107 cm³/mol. The van der Waals surface area contributed by atoms with E-state index in [-0.39, 0.29) is 30.0 Å². The van der Waals surface area contributed by atoms with Crippen LogP contribution in [0.15, 0.2) is 4.99 Å². The van der Waals surface area contributed by atoms with Crippen molar-refractivity contribution in [2.24, 2.45) is 4.99 Å². The Morgan fingerprint density at radius 2 is 2.00 bits per heavy atom. The van der Waals surface area contributed by atoms with Gasteiger partial charge in [-0.2, -0.15) is 0 Å². The van der Waals surface area contributed by atoms with Crippen molar-refractivity contribution >= 4 is 29.9 Å². The normalized spacial score (nSPS) is 24.0. The molecule has 0 aromatic rings. The minimum absolute atomic E-state index is 0. The molecule has 1 rings (SSSR count). The van der Waals surface area contributed by atoms with Crippen molar-refractivity contribution in [2.45, 2.75) is 52.4 Å². The zero-order valence-electron chi connectivity index (χ0n) is 15.3. The molecule has 1 aliphatic rings. The zero-order chi connectivity index (χ0) is 16.4. The van der Waals surface area contributed by atoms with Crippen LogP contribution in [-0.2, 0) is 9.47 Å². The van der Waals surface area contributed by atoms with Gasteiger partial charge in [0.2, 0.25) is 0 Å². The number of hydrogen-bond donors (Lipinski definition) is 2. The smallest absolute Gasteiger partial charge is 0.191 e. The number of nitrogens with zero attached hydrogens (tertiary/aromatic N) is 2. The molecule has 23 heavy (non-hydrogen) atoms. The third-order valence-electron chi connectivity index (χ3n) is 3.54. The number of ether oxygens (including phenoxy) is 2. The van der Waals surface area contributed by atoms with Crippen molar-refractivity contribution in [3.8, 4) is 0 Å². The van der Waals surface area contributed by atoms with Crippen molar-refractivity contribution < 1.29 is 9.47 Å². The second-order valence-electron chi connectivity index (χ2n) is 6.13. The molecule has 1 saturated heterocycles. The summed E-state index contributed by atoms with van der Waals surface area (Å²) in [6.07, 6.45) is 1.73. The first kappa shape index (κ1) is 22.9. The lowest BCUT2D eigenvalue weighted by atomic mass is 10.2. The van der Waals surface area contributed by atoms with Gasteiger partial charge >= 0.3 is 0 Å². The fraction of sp³-hybridized carbons (Fsp3) is 0.938. The van der Waals surface area contributed by atoms with Crippen molar-refractivity contribution in [3.05, 3.63) is 0 Å². The van der Waals surface area contributed by atoms with Crippen LogP contribution in [0.25, 0.3) is 0 Å². The van der Waals surface area contributed by atoms with Gasteiger partial charge in [-0.15, -0.1) is 24.0 Å². The second-order valence-corrected chi connectivity index (χ2v) is 6.13. The highest BCUT2D eigenvalue weighted by molar-refractivity contribution is 14.0. The molecule has 1 aliphatic heterocycles. The molecule has 3 atom stereocenters. The molecule has 0 radical (unpaired) electrons. The van der Waals surface area contributed by atoms with E-state index in [1.54, 1.807) is 7.11 Å². The maximum Gasteiger partial charge on any atom is 0.191 e. The van der Waals surface area contributed by atoms with E-state index in [2.05, 4.69) is 48.2 Å². The average molecular weight is 442 g/mol. The summed E-state index contributed by atoms with van der Waals surface area (Å²) in [6, 6.07) is 0.253. The molecule has 0 aromatic carbocycles. The summed E-state index contributed by atoms with van der Waals surface area (Å²) in [5.74, 6) is 0.871. The molecular formula is C16H35IN4O2. The molecule has 138 valence electrons. The monoisotopic (exact) mass is 442 g/mol. The Kier molecular flexibility index (Phi) is 13.1. The Morgan fingerprint density at radius 3 is 2.57 bits per heavy atom. The quantitative estimate of drug-likeness (QED) is 0.259. The molecule has 1 heterocycles. The van der Waals surface area contributed by atoms with Gasteiger partial charge in [-0.25, -0.2) is 0 Å². The maximum atomic E-state index is 5.76. The third kappa shape index (κ3) is 10.4. The first-order valence-corrected chi connectivity index (χ1v) is 8.46. The summed E-state index contributed by atoms with van der Waals surface area (Å²) in [5.41, 5.74) is 0. The maximum absolute atomic E-state index is 5.76. The Labute approximate surface area is 158 Å². The van der Waals surface area contributed by atoms with E-state index in [9.17, 15) is 0 Å². The fourth-order valence-electron chi connectivity index (χ4n) is 2.80. The number of rotatable bonds is 8. The van der Waals surface area contributed by atoms with Gasteiger partial charge in [0.15, 0.2) is 5.96 Å². The molecule has 0 saturated carbocycles. The molecule has 6 nitrogen and oxygen atoms in total. The summed E-state index contributed by atoms with van der Waals surface area (Å²) in [6.45, 7) is 14.0. The Hall–Kier alpha value is -0.120. The third-order valence-corrected chi connectivity index (χ3v) is 3.54. The number of hydrogen-bond acceptors (Lipinski definition) is 4. The van der Waals surface area contributed by atoms with Gasteiger partial charge in [0, 0.05) is 45.9 Å². The molecule has 0 amide bonds. The lowest BCUT2D eigenvalue weighted by molar-refractivity contribution is -0.0679. The number of methoxy groups -OCH3 is 1.